The van der Waals surface area contributed by atoms with E-state index in [9.17, 15) is 4.79 Å². The molecule has 2 aromatic rings. The summed E-state index contributed by atoms with van der Waals surface area (Å²) in [6.07, 6.45) is 9.92. The predicted molar refractivity (Wildman–Crippen MR) is 82.0 cm³/mol. The summed E-state index contributed by atoms with van der Waals surface area (Å²) in [6, 6.07) is 8.10. The van der Waals surface area contributed by atoms with E-state index in [-0.39, 0.29) is 5.91 Å². The highest BCUT2D eigenvalue weighted by Gasteiger charge is 2.15. The zero-order valence-corrected chi connectivity index (χ0v) is 12.1. The standard InChI is InChI=1S/C17H21N3O/c21-17(19-11-16-10-18-12-20-16)15-8-6-14(7-9-15)13-4-2-1-3-5-13/h6-10,12-13H,1-5,11H2,(H,18,20)(H,19,21). The van der Waals surface area contributed by atoms with Gasteiger partial charge in [0.15, 0.2) is 0 Å². The topological polar surface area (TPSA) is 57.8 Å². The highest BCUT2D eigenvalue weighted by molar-refractivity contribution is 5.94. The van der Waals surface area contributed by atoms with Crippen LogP contribution in [0.5, 0.6) is 0 Å². The number of carbonyl (C=O) groups excluding carboxylic acids is 1. The molecule has 110 valence electrons. The number of hydrogen-bond acceptors (Lipinski definition) is 2. The molecule has 0 aliphatic heterocycles. The second-order valence-corrected chi connectivity index (χ2v) is 5.72. The molecule has 1 saturated carbocycles. The Bertz CT molecular complexity index is 569. The summed E-state index contributed by atoms with van der Waals surface area (Å²) in [5.74, 6) is 0.639. The van der Waals surface area contributed by atoms with Crippen molar-refractivity contribution in [1.29, 1.82) is 0 Å². The largest absolute Gasteiger partial charge is 0.347 e. The highest BCUT2D eigenvalue weighted by Crippen LogP contribution is 2.32. The van der Waals surface area contributed by atoms with Gasteiger partial charge in [-0.1, -0.05) is 31.4 Å². The van der Waals surface area contributed by atoms with Gasteiger partial charge in [0.25, 0.3) is 5.91 Å². The number of rotatable bonds is 4. The van der Waals surface area contributed by atoms with Gasteiger partial charge in [0.1, 0.15) is 0 Å². The Hall–Kier alpha value is -2.10. The maximum atomic E-state index is 12.1. The Morgan fingerprint density at radius 2 is 1.95 bits per heavy atom. The van der Waals surface area contributed by atoms with Crippen LogP contribution < -0.4 is 5.32 Å². The monoisotopic (exact) mass is 283 g/mol. The normalized spacial score (nSPS) is 15.8. The Morgan fingerprint density at radius 3 is 2.62 bits per heavy atom. The van der Waals surface area contributed by atoms with E-state index in [2.05, 4.69) is 27.4 Å². The van der Waals surface area contributed by atoms with Crippen LogP contribution in [0.15, 0.2) is 36.8 Å². The average molecular weight is 283 g/mol. The molecule has 0 atom stereocenters. The second-order valence-electron chi connectivity index (χ2n) is 5.72. The minimum Gasteiger partial charge on any atom is -0.347 e. The number of aromatic amines is 1. The number of nitrogens with zero attached hydrogens (tertiary/aromatic N) is 1. The number of imidazole rings is 1. The van der Waals surface area contributed by atoms with Crippen molar-refractivity contribution in [3.8, 4) is 0 Å². The molecule has 0 spiro atoms. The van der Waals surface area contributed by atoms with E-state index >= 15 is 0 Å². The molecule has 1 heterocycles. The lowest BCUT2D eigenvalue weighted by Gasteiger charge is -2.22. The van der Waals surface area contributed by atoms with Gasteiger partial charge >= 0.3 is 0 Å². The molecule has 0 radical (unpaired) electrons. The number of carbonyl (C=O) groups is 1. The van der Waals surface area contributed by atoms with Crippen molar-refractivity contribution in [3.05, 3.63) is 53.6 Å². The van der Waals surface area contributed by atoms with Crippen molar-refractivity contribution in [3.63, 3.8) is 0 Å². The summed E-state index contributed by atoms with van der Waals surface area (Å²) in [6.45, 7) is 0.475. The van der Waals surface area contributed by atoms with Gasteiger partial charge in [-0.05, 0) is 36.5 Å². The maximum absolute atomic E-state index is 12.1. The number of hydrogen-bond donors (Lipinski definition) is 2. The fourth-order valence-electron chi connectivity index (χ4n) is 3.00. The zero-order chi connectivity index (χ0) is 14.5. The van der Waals surface area contributed by atoms with Crippen molar-refractivity contribution in [2.24, 2.45) is 0 Å². The lowest BCUT2D eigenvalue weighted by Crippen LogP contribution is -2.22. The molecule has 0 bridgehead atoms. The molecule has 4 heteroatoms. The van der Waals surface area contributed by atoms with E-state index in [4.69, 9.17) is 0 Å². The van der Waals surface area contributed by atoms with Gasteiger partial charge in [-0.3, -0.25) is 4.79 Å². The smallest absolute Gasteiger partial charge is 0.251 e. The van der Waals surface area contributed by atoms with Crippen LogP contribution in [-0.2, 0) is 6.54 Å². The summed E-state index contributed by atoms with van der Waals surface area (Å²) in [5.41, 5.74) is 3.00. The van der Waals surface area contributed by atoms with E-state index < -0.39 is 0 Å². The lowest BCUT2D eigenvalue weighted by atomic mass is 9.84. The van der Waals surface area contributed by atoms with Gasteiger partial charge in [-0.25, -0.2) is 4.98 Å². The summed E-state index contributed by atoms with van der Waals surface area (Å²) >= 11 is 0. The molecule has 1 aliphatic rings. The Kier molecular flexibility index (Phi) is 4.34. The first-order valence-electron chi connectivity index (χ1n) is 7.68. The van der Waals surface area contributed by atoms with Crippen molar-refractivity contribution >= 4 is 5.91 Å². The minimum absolute atomic E-state index is 0.0419. The van der Waals surface area contributed by atoms with Gasteiger partial charge in [-0.2, -0.15) is 0 Å². The Morgan fingerprint density at radius 1 is 1.19 bits per heavy atom. The third-order valence-corrected chi connectivity index (χ3v) is 4.24. The van der Waals surface area contributed by atoms with Gasteiger partial charge in [0.2, 0.25) is 0 Å². The summed E-state index contributed by atoms with van der Waals surface area (Å²) in [7, 11) is 0. The molecular weight excluding hydrogens is 262 g/mol. The first-order valence-corrected chi connectivity index (χ1v) is 7.68. The molecule has 1 aromatic heterocycles. The molecule has 0 saturated heterocycles. The van der Waals surface area contributed by atoms with Gasteiger partial charge in [-0.15, -0.1) is 0 Å². The first-order chi connectivity index (χ1) is 10.3. The third kappa shape index (κ3) is 3.51. The summed E-state index contributed by atoms with van der Waals surface area (Å²) in [5, 5.41) is 2.89. The fraction of sp³-hybridized carbons (Fsp3) is 0.412. The molecule has 21 heavy (non-hydrogen) atoms. The average Bonchev–Trinajstić information content (AvgIpc) is 3.07. The van der Waals surface area contributed by atoms with Crippen LogP contribution >= 0.6 is 0 Å². The number of aromatic nitrogens is 2. The van der Waals surface area contributed by atoms with Gasteiger partial charge in [0, 0.05) is 11.8 Å². The van der Waals surface area contributed by atoms with E-state index in [1.807, 2.05) is 12.1 Å². The Balaban J connectivity index is 1.59. The van der Waals surface area contributed by atoms with Gasteiger partial charge in [0.05, 0.1) is 18.6 Å². The van der Waals surface area contributed by atoms with E-state index in [0.717, 1.165) is 5.69 Å². The minimum atomic E-state index is -0.0419. The van der Waals surface area contributed by atoms with Crippen LogP contribution in [0.25, 0.3) is 0 Å². The molecule has 1 amide bonds. The van der Waals surface area contributed by atoms with Crippen LogP contribution in [0.1, 0.15) is 59.6 Å². The molecule has 3 rings (SSSR count). The SMILES string of the molecule is O=C(NCc1cnc[nH]1)c1ccc(C2CCCCC2)cc1. The number of H-pyrrole nitrogens is 1. The van der Waals surface area contributed by atoms with Crippen molar-refractivity contribution in [2.45, 2.75) is 44.6 Å². The summed E-state index contributed by atoms with van der Waals surface area (Å²) < 4.78 is 0. The zero-order valence-electron chi connectivity index (χ0n) is 12.1. The second kappa shape index (κ2) is 6.57. The summed E-state index contributed by atoms with van der Waals surface area (Å²) in [4.78, 5) is 19.0. The van der Waals surface area contributed by atoms with Crippen molar-refractivity contribution in [1.82, 2.24) is 15.3 Å². The first kappa shape index (κ1) is 13.9. The fourth-order valence-corrected chi connectivity index (χ4v) is 3.00. The predicted octanol–water partition coefficient (Wildman–Crippen LogP) is 3.39. The highest BCUT2D eigenvalue weighted by atomic mass is 16.1. The van der Waals surface area contributed by atoms with Crippen LogP contribution in [0.3, 0.4) is 0 Å². The maximum Gasteiger partial charge on any atom is 0.251 e. The van der Waals surface area contributed by atoms with Gasteiger partial charge < -0.3 is 10.3 Å². The number of nitrogens with one attached hydrogen (secondary N) is 2. The van der Waals surface area contributed by atoms with Crippen LogP contribution in [-0.4, -0.2) is 15.9 Å². The van der Waals surface area contributed by atoms with Crippen LogP contribution in [0, 0.1) is 0 Å². The molecule has 4 nitrogen and oxygen atoms in total. The van der Waals surface area contributed by atoms with Crippen LogP contribution in [0.4, 0.5) is 0 Å². The molecule has 1 aliphatic carbocycles. The number of amides is 1. The lowest BCUT2D eigenvalue weighted by molar-refractivity contribution is 0.0950. The third-order valence-electron chi connectivity index (χ3n) is 4.24. The quantitative estimate of drug-likeness (QED) is 0.903. The van der Waals surface area contributed by atoms with Crippen LogP contribution in [0.2, 0.25) is 0 Å². The van der Waals surface area contributed by atoms with E-state index in [1.54, 1.807) is 12.5 Å². The van der Waals surface area contributed by atoms with Crippen molar-refractivity contribution < 1.29 is 4.79 Å². The molecule has 0 unspecified atom stereocenters. The molecule has 1 aromatic carbocycles. The van der Waals surface area contributed by atoms with Crippen molar-refractivity contribution in [2.75, 3.05) is 0 Å². The Labute approximate surface area is 125 Å². The van der Waals surface area contributed by atoms with E-state index in [0.29, 0.717) is 18.0 Å². The number of benzene rings is 1. The molecule has 1 fully saturated rings. The van der Waals surface area contributed by atoms with E-state index in [1.165, 1.54) is 37.7 Å². The molecule has 2 N–H and O–H groups in total. The molecular formula is C17H21N3O.